The Morgan fingerprint density at radius 3 is 1.93 bits per heavy atom. The molecule has 2 rings (SSSR count). The van der Waals surface area contributed by atoms with Crippen LogP contribution in [0.15, 0.2) is 26.6 Å². The number of rotatable bonds is 6. The average molecular weight is 478 g/mol. The van der Waals surface area contributed by atoms with Gasteiger partial charge < -0.3 is 0 Å². The standard InChI is InChI=1S/C15H9F6NS5/c16-14(17,18)9-4-8(5-10(6-9)15(19,20)21)7-25-12-11(24-3-1-2-22)26-13(23)27-12/h4-6H,1,3,7H2. The van der Waals surface area contributed by atoms with E-state index in [1.807, 2.05) is 6.07 Å². The Balaban J connectivity index is 2.25. The van der Waals surface area contributed by atoms with Gasteiger partial charge >= 0.3 is 12.4 Å². The first-order valence-electron chi connectivity index (χ1n) is 7.05. The van der Waals surface area contributed by atoms with Crippen molar-refractivity contribution in [2.24, 2.45) is 0 Å². The highest BCUT2D eigenvalue weighted by Crippen LogP contribution is 2.43. The van der Waals surface area contributed by atoms with Gasteiger partial charge in [0.15, 0.2) is 0 Å². The third-order valence-corrected chi connectivity index (χ3v) is 8.64. The number of hydrogen-bond donors (Lipinski definition) is 0. The molecule has 2 aromatic rings. The number of alkyl halides is 6. The van der Waals surface area contributed by atoms with Crippen molar-refractivity contribution in [3.05, 3.63) is 38.0 Å². The third kappa shape index (κ3) is 6.67. The van der Waals surface area contributed by atoms with Crippen LogP contribution in [-0.2, 0) is 18.1 Å². The Hall–Kier alpha value is -0.740. The van der Waals surface area contributed by atoms with Gasteiger partial charge in [0.2, 0.25) is 0 Å². The summed E-state index contributed by atoms with van der Waals surface area (Å²) in [6.45, 7) is 0. The fourth-order valence-corrected chi connectivity index (χ4v) is 7.83. The van der Waals surface area contributed by atoms with E-state index in [1.165, 1.54) is 34.4 Å². The van der Waals surface area contributed by atoms with Crippen molar-refractivity contribution in [3.63, 3.8) is 0 Å². The molecule has 1 aromatic heterocycles. The molecule has 0 amide bonds. The van der Waals surface area contributed by atoms with Crippen LogP contribution in [0.1, 0.15) is 23.1 Å². The van der Waals surface area contributed by atoms with Crippen molar-refractivity contribution in [1.29, 1.82) is 5.26 Å². The third-order valence-electron chi connectivity index (χ3n) is 2.98. The topological polar surface area (TPSA) is 23.8 Å². The normalized spacial score (nSPS) is 12.2. The van der Waals surface area contributed by atoms with Gasteiger partial charge in [-0.15, -0.1) is 46.2 Å². The number of thioether (sulfide) groups is 2. The fraction of sp³-hybridized carbons (Fsp3) is 0.333. The largest absolute Gasteiger partial charge is 0.416 e. The van der Waals surface area contributed by atoms with E-state index in [4.69, 9.17) is 17.5 Å². The van der Waals surface area contributed by atoms with E-state index in [9.17, 15) is 26.3 Å². The first-order valence-corrected chi connectivity index (χ1v) is 11.1. The van der Waals surface area contributed by atoms with Crippen molar-refractivity contribution < 1.29 is 26.3 Å². The number of hydrogen-bond acceptors (Lipinski definition) is 6. The number of nitrogens with zero attached hydrogens (tertiary/aromatic N) is 1. The minimum absolute atomic E-state index is 0.0547. The summed E-state index contributed by atoms with van der Waals surface area (Å²) in [6, 6.07) is 3.59. The van der Waals surface area contributed by atoms with Crippen molar-refractivity contribution in [1.82, 2.24) is 0 Å². The summed E-state index contributed by atoms with van der Waals surface area (Å²) in [5, 5.41) is 8.59. The van der Waals surface area contributed by atoms with Gasteiger partial charge in [0.1, 0.15) is 3.14 Å². The molecule has 0 aliphatic rings. The highest BCUT2D eigenvalue weighted by molar-refractivity contribution is 8.05. The molecule has 1 aromatic carbocycles. The van der Waals surface area contributed by atoms with Crippen LogP contribution in [0, 0.1) is 14.5 Å². The molecule has 0 fully saturated rings. The van der Waals surface area contributed by atoms with Crippen molar-refractivity contribution in [2.45, 2.75) is 32.9 Å². The Labute approximate surface area is 172 Å². The Morgan fingerprint density at radius 2 is 1.44 bits per heavy atom. The Morgan fingerprint density at radius 1 is 0.926 bits per heavy atom. The summed E-state index contributed by atoms with van der Waals surface area (Å²) in [4.78, 5) is 0. The van der Waals surface area contributed by atoms with Crippen molar-refractivity contribution in [2.75, 3.05) is 5.75 Å². The van der Waals surface area contributed by atoms with Crippen LogP contribution in [0.4, 0.5) is 26.3 Å². The molecule has 0 unspecified atom stereocenters. The van der Waals surface area contributed by atoms with E-state index in [2.05, 4.69) is 0 Å². The van der Waals surface area contributed by atoms with Crippen LogP contribution in [0.5, 0.6) is 0 Å². The first-order chi connectivity index (χ1) is 12.5. The van der Waals surface area contributed by atoms with Gasteiger partial charge in [0.25, 0.3) is 0 Å². The lowest BCUT2D eigenvalue weighted by Gasteiger charge is -2.14. The first kappa shape index (κ1) is 22.5. The second-order valence-corrected chi connectivity index (χ2v) is 10.8. The van der Waals surface area contributed by atoms with Crippen LogP contribution >= 0.6 is 58.4 Å². The van der Waals surface area contributed by atoms with Crippen LogP contribution in [0.25, 0.3) is 0 Å². The van der Waals surface area contributed by atoms with Crippen LogP contribution < -0.4 is 0 Å². The van der Waals surface area contributed by atoms with E-state index in [1.54, 1.807) is 0 Å². The average Bonchev–Trinajstić information content (AvgIpc) is 2.91. The molecule has 1 heterocycles. The minimum atomic E-state index is -4.86. The summed E-state index contributed by atoms with van der Waals surface area (Å²) >= 11 is 10.2. The molecule has 1 nitrogen and oxygen atoms in total. The number of benzene rings is 1. The molecule has 146 valence electrons. The zero-order valence-electron chi connectivity index (χ0n) is 13.1. The smallest absolute Gasteiger partial charge is 0.198 e. The van der Waals surface area contributed by atoms with E-state index in [0.29, 0.717) is 15.3 Å². The van der Waals surface area contributed by atoms with Gasteiger partial charge in [-0.05, 0) is 23.8 Å². The monoisotopic (exact) mass is 477 g/mol. The van der Waals surface area contributed by atoms with Crippen LogP contribution in [0.2, 0.25) is 0 Å². The molecule has 0 aliphatic heterocycles. The Bertz CT molecular complexity index is 858. The zero-order chi connectivity index (χ0) is 20.2. The SMILES string of the molecule is N#CCCSc1sc(=S)sc1SCc1cc(C(F)(F)F)cc(C(F)(F)F)c1. The van der Waals surface area contributed by atoms with Gasteiger partial charge in [0.05, 0.1) is 25.6 Å². The molecule has 0 bridgehead atoms. The summed E-state index contributed by atoms with van der Waals surface area (Å²) < 4.78 is 79.7. The molecule has 12 heteroatoms. The molecule has 0 spiro atoms. The van der Waals surface area contributed by atoms with Gasteiger partial charge in [0, 0.05) is 17.9 Å². The fourth-order valence-electron chi connectivity index (χ4n) is 1.87. The summed E-state index contributed by atoms with van der Waals surface area (Å²) in [5.74, 6) is 0.481. The molecule has 0 aliphatic carbocycles. The maximum Gasteiger partial charge on any atom is 0.416 e. The second-order valence-electron chi connectivity index (χ2n) is 4.99. The maximum absolute atomic E-state index is 12.9. The predicted molar refractivity (Wildman–Crippen MR) is 100.0 cm³/mol. The molecular formula is C15H9F6NS5. The van der Waals surface area contributed by atoms with Gasteiger partial charge in [-0.3, -0.25) is 0 Å². The summed E-state index contributed by atoms with van der Waals surface area (Å²) in [6.07, 6.45) is -9.40. The second kappa shape index (κ2) is 9.17. The van der Waals surface area contributed by atoms with Gasteiger partial charge in [-0.1, -0.05) is 12.2 Å². The molecular weight excluding hydrogens is 468 g/mol. The number of halogens is 6. The van der Waals surface area contributed by atoms with Gasteiger partial charge in [-0.2, -0.15) is 31.6 Å². The lowest BCUT2D eigenvalue weighted by molar-refractivity contribution is -0.143. The van der Waals surface area contributed by atoms with Crippen LogP contribution in [-0.4, -0.2) is 5.75 Å². The van der Waals surface area contributed by atoms with E-state index >= 15 is 0 Å². The molecule has 0 saturated carbocycles. The highest BCUT2D eigenvalue weighted by atomic mass is 32.2. The van der Waals surface area contributed by atoms with Crippen LogP contribution in [0.3, 0.4) is 0 Å². The van der Waals surface area contributed by atoms with E-state index in [0.717, 1.165) is 32.3 Å². The van der Waals surface area contributed by atoms with Crippen molar-refractivity contribution in [3.8, 4) is 6.07 Å². The summed E-state index contributed by atoms with van der Waals surface area (Å²) in [5.41, 5.74) is -2.72. The minimum Gasteiger partial charge on any atom is -0.198 e. The Kier molecular flexibility index (Phi) is 7.66. The lowest BCUT2D eigenvalue weighted by Crippen LogP contribution is -2.11. The molecule has 0 atom stereocenters. The van der Waals surface area contributed by atoms with E-state index in [-0.39, 0.29) is 17.4 Å². The van der Waals surface area contributed by atoms with Gasteiger partial charge in [-0.25, -0.2) is 0 Å². The summed E-state index contributed by atoms with van der Waals surface area (Å²) in [7, 11) is 0. The maximum atomic E-state index is 12.9. The predicted octanol–water partition coefficient (Wildman–Crippen LogP) is 7.87. The zero-order valence-corrected chi connectivity index (χ0v) is 17.2. The molecule has 0 N–H and O–H groups in total. The highest BCUT2D eigenvalue weighted by Gasteiger charge is 2.36. The quantitative estimate of drug-likeness (QED) is 0.183. The lowest BCUT2D eigenvalue weighted by atomic mass is 10.1. The van der Waals surface area contributed by atoms with Crippen molar-refractivity contribution >= 4 is 58.4 Å². The van der Waals surface area contributed by atoms with E-state index < -0.39 is 23.5 Å². The molecule has 0 saturated heterocycles. The molecule has 0 radical (unpaired) electrons. The number of nitriles is 1. The molecule has 27 heavy (non-hydrogen) atoms.